The van der Waals surface area contributed by atoms with Crippen LogP contribution in [0.1, 0.15) is 40.5 Å². The Kier molecular flexibility index (Phi) is 9.43. The third kappa shape index (κ3) is 8.51. The molecule has 0 radical (unpaired) electrons. The number of aliphatic hydroxyl groups excluding tert-OH is 1. The number of carboxylic acids is 1. The van der Waals surface area contributed by atoms with Crippen molar-refractivity contribution in [3.8, 4) is 0 Å². The summed E-state index contributed by atoms with van der Waals surface area (Å²) in [6.07, 6.45) is 0.819. The number of carbonyl (C=O) groups is 3. The quantitative estimate of drug-likeness (QED) is 0.364. The summed E-state index contributed by atoms with van der Waals surface area (Å²) in [6.45, 7) is 6.90. The van der Waals surface area contributed by atoms with Crippen LogP contribution in [-0.4, -0.2) is 52.7 Å². The monoisotopic (exact) mass is 331 g/mol. The largest absolute Gasteiger partial charge is 0.480 e. The molecule has 6 N–H and O–H groups in total. The molecule has 2 amide bonds. The molecule has 23 heavy (non-hydrogen) atoms. The van der Waals surface area contributed by atoms with Crippen molar-refractivity contribution < 1.29 is 24.6 Å². The van der Waals surface area contributed by atoms with Gasteiger partial charge in [-0.2, -0.15) is 0 Å². The SMILES string of the molecule is CC(C)CC(N)C(=O)NC(CC(C)C)C(=O)NC(CO)C(=O)O. The molecule has 8 nitrogen and oxygen atoms in total. The smallest absolute Gasteiger partial charge is 0.328 e. The summed E-state index contributed by atoms with van der Waals surface area (Å²) < 4.78 is 0. The Morgan fingerprint density at radius 2 is 1.39 bits per heavy atom. The van der Waals surface area contributed by atoms with E-state index in [1.165, 1.54) is 0 Å². The molecule has 0 aliphatic heterocycles. The summed E-state index contributed by atoms with van der Waals surface area (Å²) >= 11 is 0. The summed E-state index contributed by atoms with van der Waals surface area (Å²) in [5.74, 6) is -2.10. The van der Waals surface area contributed by atoms with Crippen molar-refractivity contribution in [2.24, 2.45) is 17.6 Å². The van der Waals surface area contributed by atoms with E-state index in [-0.39, 0.29) is 11.8 Å². The van der Waals surface area contributed by atoms with Crippen LogP contribution in [0, 0.1) is 11.8 Å². The van der Waals surface area contributed by atoms with E-state index in [9.17, 15) is 14.4 Å². The Hall–Kier alpha value is -1.67. The number of rotatable bonds is 10. The minimum absolute atomic E-state index is 0.102. The molecule has 0 aromatic rings. The highest BCUT2D eigenvalue weighted by Gasteiger charge is 2.28. The zero-order valence-electron chi connectivity index (χ0n) is 14.2. The van der Waals surface area contributed by atoms with Gasteiger partial charge in [-0.05, 0) is 24.7 Å². The Balaban J connectivity index is 4.89. The number of hydrogen-bond donors (Lipinski definition) is 5. The number of amides is 2. The fraction of sp³-hybridized carbons (Fsp3) is 0.800. The Morgan fingerprint density at radius 3 is 1.78 bits per heavy atom. The minimum atomic E-state index is -1.40. The second-order valence-electron chi connectivity index (χ2n) is 6.51. The number of hydrogen-bond acceptors (Lipinski definition) is 5. The van der Waals surface area contributed by atoms with Crippen molar-refractivity contribution in [2.45, 2.75) is 58.7 Å². The van der Waals surface area contributed by atoms with Gasteiger partial charge < -0.3 is 26.6 Å². The predicted molar refractivity (Wildman–Crippen MR) is 85.5 cm³/mol. The standard InChI is InChI=1S/C15H29N3O5/c1-8(2)5-10(16)13(20)17-11(6-9(3)4)14(21)18-12(7-19)15(22)23/h8-12,19H,5-7,16H2,1-4H3,(H,17,20)(H,18,21)(H,22,23). The van der Waals surface area contributed by atoms with Gasteiger partial charge in [0, 0.05) is 0 Å². The van der Waals surface area contributed by atoms with E-state index in [2.05, 4.69) is 10.6 Å². The van der Waals surface area contributed by atoms with E-state index in [0.717, 1.165) is 0 Å². The molecule has 3 unspecified atom stereocenters. The topological polar surface area (TPSA) is 142 Å². The molecule has 0 saturated carbocycles. The highest BCUT2D eigenvalue weighted by molar-refractivity contribution is 5.91. The van der Waals surface area contributed by atoms with Gasteiger partial charge in [0.2, 0.25) is 11.8 Å². The average molecular weight is 331 g/mol. The lowest BCUT2D eigenvalue weighted by Gasteiger charge is -2.24. The molecule has 3 atom stereocenters. The zero-order valence-corrected chi connectivity index (χ0v) is 14.2. The van der Waals surface area contributed by atoms with Crippen molar-refractivity contribution in [1.82, 2.24) is 10.6 Å². The van der Waals surface area contributed by atoms with Crippen molar-refractivity contribution in [3.05, 3.63) is 0 Å². The molecule has 0 bridgehead atoms. The molecule has 0 aliphatic carbocycles. The maximum absolute atomic E-state index is 12.2. The molecule has 8 heteroatoms. The molecule has 0 fully saturated rings. The third-order valence-corrected chi connectivity index (χ3v) is 3.20. The Morgan fingerprint density at radius 1 is 0.913 bits per heavy atom. The van der Waals surface area contributed by atoms with Crippen LogP contribution in [0.2, 0.25) is 0 Å². The van der Waals surface area contributed by atoms with Crippen LogP contribution in [0.4, 0.5) is 0 Å². The van der Waals surface area contributed by atoms with Crippen LogP contribution >= 0.6 is 0 Å². The normalized spacial score (nSPS) is 15.1. The van der Waals surface area contributed by atoms with Crippen molar-refractivity contribution >= 4 is 17.8 Å². The van der Waals surface area contributed by atoms with E-state index in [4.69, 9.17) is 15.9 Å². The van der Waals surface area contributed by atoms with Crippen LogP contribution in [0.15, 0.2) is 0 Å². The van der Waals surface area contributed by atoms with E-state index in [1.807, 2.05) is 27.7 Å². The van der Waals surface area contributed by atoms with Crippen LogP contribution in [0.25, 0.3) is 0 Å². The number of nitrogens with two attached hydrogens (primary N) is 1. The molecule has 0 spiro atoms. The van der Waals surface area contributed by atoms with E-state index < -0.39 is 42.5 Å². The van der Waals surface area contributed by atoms with E-state index in [0.29, 0.717) is 12.8 Å². The number of aliphatic carboxylic acids is 1. The molecular weight excluding hydrogens is 302 g/mol. The van der Waals surface area contributed by atoms with Gasteiger partial charge in [0.25, 0.3) is 0 Å². The fourth-order valence-corrected chi connectivity index (χ4v) is 2.05. The molecule has 0 aliphatic rings. The molecule has 0 heterocycles. The summed E-state index contributed by atoms with van der Waals surface area (Å²) in [5.41, 5.74) is 5.80. The number of carbonyl (C=O) groups excluding carboxylic acids is 2. The van der Waals surface area contributed by atoms with Crippen molar-refractivity contribution in [3.63, 3.8) is 0 Å². The molecule has 0 rings (SSSR count). The fourth-order valence-electron chi connectivity index (χ4n) is 2.05. The van der Waals surface area contributed by atoms with Gasteiger partial charge in [-0.3, -0.25) is 9.59 Å². The second-order valence-corrected chi connectivity index (χ2v) is 6.51. The highest BCUT2D eigenvalue weighted by Crippen LogP contribution is 2.08. The Labute approximate surface area is 136 Å². The summed E-state index contributed by atoms with van der Waals surface area (Å²) in [6, 6.07) is -3.03. The number of nitrogens with one attached hydrogen (secondary N) is 2. The van der Waals surface area contributed by atoms with Crippen LogP contribution in [-0.2, 0) is 14.4 Å². The molecule has 134 valence electrons. The van der Waals surface area contributed by atoms with Gasteiger partial charge in [0.05, 0.1) is 12.6 Å². The first kappa shape index (κ1) is 21.3. The van der Waals surface area contributed by atoms with Crippen LogP contribution < -0.4 is 16.4 Å². The zero-order chi connectivity index (χ0) is 18.2. The first-order valence-corrected chi connectivity index (χ1v) is 7.78. The molecular formula is C15H29N3O5. The van der Waals surface area contributed by atoms with Crippen molar-refractivity contribution in [1.29, 1.82) is 0 Å². The highest BCUT2D eigenvalue weighted by atomic mass is 16.4. The predicted octanol–water partition coefficient (Wildman–Crippen LogP) is -0.548. The maximum Gasteiger partial charge on any atom is 0.328 e. The lowest BCUT2D eigenvalue weighted by molar-refractivity contribution is -0.143. The molecule has 0 aromatic carbocycles. The summed E-state index contributed by atoms with van der Waals surface area (Å²) in [4.78, 5) is 35.2. The van der Waals surface area contributed by atoms with E-state index in [1.54, 1.807) is 0 Å². The first-order chi connectivity index (χ1) is 10.6. The van der Waals surface area contributed by atoms with Gasteiger partial charge in [0.1, 0.15) is 12.1 Å². The van der Waals surface area contributed by atoms with Gasteiger partial charge in [-0.15, -0.1) is 0 Å². The van der Waals surface area contributed by atoms with Crippen LogP contribution in [0.5, 0.6) is 0 Å². The third-order valence-electron chi connectivity index (χ3n) is 3.20. The summed E-state index contributed by atoms with van der Waals surface area (Å²) in [7, 11) is 0. The van der Waals surface area contributed by atoms with Gasteiger partial charge >= 0.3 is 5.97 Å². The molecule has 0 aromatic heterocycles. The van der Waals surface area contributed by atoms with Gasteiger partial charge in [-0.1, -0.05) is 27.7 Å². The van der Waals surface area contributed by atoms with Crippen molar-refractivity contribution in [2.75, 3.05) is 6.61 Å². The van der Waals surface area contributed by atoms with Gasteiger partial charge in [0.15, 0.2) is 0 Å². The average Bonchev–Trinajstić information content (AvgIpc) is 2.41. The maximum atomic E-state index is 12.2. The number of aliphatic hydroxyl groups is 1. The van der Waals surface area contributed by atoms with Crippen LogP contribution in [0.3, 0.4) is 0 Å². The lowest BCUT2D eigenvalue weighted by atomic mass is 10.0. The Bertz CT molecular complexity index is 412. The minimum Gasteiger partial charge on any atom is -0.480 e. The first-order valence-electron chi connectivity index (χ1n) is 7.78. The lowest BCUT2D eigenvalue weighted by Crippen LogP contribution is -2.55. The summed E-state index contributed by atoms with van der Waals surface area (Å²) in [5, 5.41) is 22.6. The van der Waals surface area contributed by atoms with Gasteiger partial charge in [-0.25, -0.2) is 4.79 Å². The van der Waals surface area contributed by atoms with E-state index >= 15 is 0 Å². The second kappa shape index (κ2) is 10.2. The number of carboxylic acid groups (broad SMARTS) is 1. The molecule has 0 saturated heterocycles.